The number of pyridine rings is 1. The van der Waals surface area contributed by atoms with E-state index in [1.165, 1.54) is 30.1 Å². The Morgan fingerprint density at radius 1 is 0.886 bits per heavy atom. The second-order valence-electron chi connectivity index (χ2n) is 9.58. The number of alkyl halides is 3. The van der Waals surface area contributed by atoms with Crippen LogP contribution in [0.1, 0.15) is 21.6 Å². The summed E-state index contributed by atoms with van der Waals surface area (Å²) in [5.41, 5.74) is 1.46. The molecular formula is C32H23F4N3O4S. The Bertz CT molecular complexity index is 1740. The highest BCUT2D eigenvalue weighted by molar-refractivity contribution is 7.98. The number of carboxylic acid groups (broad SMARTS) is 1. The third-order valence-electron chi connectivity index (χ3n) is 6.47. The van der Waals surface area contributed by atoms with Crippen LogP contribution in [-0.2, 0) is 16.7 Å². The number of nitrogens with one attached hydrogen (secondary N) is 1. The molecular weight excluding hydrogens is 598 g/mol. The molecule has 3 aromatic carbocycles. The third kappa shape index (κ3) is 7.32. The fraction of sp³-hybridized carbons (Fsp3) is 0.125. The van der Waals surface area contributed by atoms with Crippen molar-refractivity contribution in [2.24, 2.45) is 0 Å². The monoisotopic (exact) mass is 621 g/mol. The second kappa shape index (κ2) is 13.1. The van der Waals surface area contributed by atoms with Crippen molar-refractivity contribution in [3.05, 3.63) is 120 Å². The van der Waals surface area contributed by atoms with Crippen molar-refractivity contribution >= 4 is 23.6 Å². The number of carbonyl (C=O) groups excluding carboxylic acids is 1. The fourth-order valence-electron chi connectivity index (χ4n) is 4.18. The van der Waals surface area contributed by atoms with Gasteiger partial charge in [-0.05, 0) is 66.2 Å². The van der Waals surface area contributed by atoms with Gasteiger partial charge < -0.3 is 14.8 Å². The Labute approximate surface area is 253 Å². The summed E-state index contributed by atoms with van der Waals surface area (Å²) in [7, 11) is 0. The number of oxazole rings is 1. The van der Waals surface area contributed by atoms with Gasteiger partial charge in [0, 0.05) is 34.4 Å². The molecule has 0 aliphatic carbocycles. The number of carboxylic acids is 1. The summed E-state index contributed by atoms with van der Waals surface area (Å²) in [6.45, 7) is 0. The van der Waals surface area contributed by atoms with Crippen LogP contribution in [-0.4, -0.2) is 38.7 Å². The number of hydrogen-bond donors (Lipinski definition) is 2. The van der Waals surface area contributed by atoms with Crippen LogP contribution in [0.2, 0.25) is 0 Å². The highest BCUT2D eigenvalue weighted by Gasteiger charge is 2.31. The molecule has 1 amide bonds. The molecule has 0 spiro atoms. The van der Waals surface area contributed by atoms with Crippen molar-refractivity contribution in [2.75, 3.05) is 5.75 Å². The van der Waals surface area contributed by atoms with Crippen LogP contribution in [0.5, 0.6) is 0 Å². The molecule has 5 aromatic rings. The minimum Gasteiger partial charge on any atom is -0.480 e. The number of hydrogen-bond acceptors (Lipinski definition) is 6. The molecule has 44 heavy (non-hydrogen) atoms. The Morgan fingerprint density at radius 2 is 1.55 bits per heavy atom. The van der Waals surface area contributed by atoms with Crippen molar-refractivity contribution in [3.63, 3.8) is 0 Å². The van der Waals surface area contributed by atoms with Gasteiger partial charge in [-0.3, -0.25) is 9.78 Å². The number of benzene rings is 3. The second-order valence-corrected chi connectivity index (χ2v) is 10.6. The van der Waals surface area contributed by atoms with Crippen LogP contribution in [0.4, 0.5) is 17.6 Å². The topological polar surface area (TPSA) is 105 Å². The van der Waals surface area contributed by atoms with Gasteiger partial charge in [-0.2, -0.15) is 24.9 Å². The molecule has 7 nitrogen and oxygen atoms in total. The van der Waals surface area contributed by atoms with Crippen LogP contribution < -0.4 is 5.32 Å². The smallest absolute Gasteiger partial charge is 0.416 e. The average Bonchev–Trinajstić information content (AvgIpc) is 3.47. The van der Waals surface area contributed by atoms with Gasteiger partial charge in [0.2, 0.25) is 5.89 Å². The van der Waals surface area contributed by atoms with E-state index in [4.69, 9.17) is 4.42 Å². The summed E-state index contributed by atoms with van der Waals surface area (Å²) in [4.78, 5) is 34.0. The Kier molecular flexibility index (Phi) is 9.09. The maximum Gasteiger partial charge on any atom is 0.416 e. The van der Waals surface area contributed by atoms with Gasteiger partial charge in [0.25, 0.3) is 5.91 Å². The lowest BCUT2D eigenvalue weighted by Crippen LogP contribution is -2.42. The zero-order valence-corrected chi connectivity index (χ0v) is 23.5. The zero-order chi connectivity index (χ0) is 31.3. The van der Waals surface area contributed by atoms with E-state index < -0.39 is 35.5 Å². The number of nitrogens with zero attached hydrogens (tertiary/aromatic N) is 2. The Balaban J connectivity index is 1.44. The average molecular weight is 622 g/mol. The lowest BCUT2D eigenvalue weighted by molar-refractivity contribution is -0.139. The summed E-state index contributed by atoms with van der Waals surface area (Å²) in [5, 5.41) is 12.3. The first kappa shape index (κ1) is 30.5. The van der Waals surface area contributed by atoms with E-state index in [2.05, 4.69) is 15.3 Å². The summed E-state index contributed by atoms with van der Waals surface area (Å²) in [6.07, 6.45) is -3.15. The van der Waals surface area contributed by atoms with E-state index in [9.17, 15) is 32.3 Å². The van der Waals surface area contributed by atoms with Crippen LogP contribution in [0, 0.1) is 5.82 Å². The SMILES string of the molecule is O=C(NC(CSCc1ccccc1)C(=O)O)c1nc(-c2ccc(C(F)(F)F)cc2)oc1-c1ccc(-c2ccc(F)cc2)nc1. The lowest BCUT2D eigenvalue weighted by atomic mass is 10.1. The molecule has 2 aromatic heterocycles. The largest absolute Gasteiger partial charge is 0.480 e. The lowest BCUT2D eigenvalue weighted by Gasteiger charge is -2.14. The van der Waals surface area contributed by atoms with E-state index >= 15 is 0 Å². The van der Waals surface area contributed by atoms with Gasteiger partial charge in [0.05, 0.1) is 11.3 Å². The number of halogens is 4. The molecule has 0 fully saturated rings. The van der Waals surface area contributed by atoms with Gasteiger partial charge in [-0.1, -0.05) is 30.3 Å². The first-order chi connectivity index (χ1) is 21.1. The van der Waals surface area contributed by atoms with E-state index in [1.54, 1.807) is 24.3 Å². The molecule has 1 unspecified atom stereocenters. The van der Waals surface area contributed by atoms with Crippen molar-refractivity contribution in [1.29, 1.82) is 0 Å². The predicted molar refractivity (Wildman–Crippen MR) is 157 cm³/mol. The fourth-order valence-corrected chi connectivity index (χ4v) is 5.19. The Hall–Kier alpha value is -4.97. The minimum absolute atomic E-state index is 0.0584. The van der Waals surface area contributed by atoms with E-state index in [-0.39, 0.29) is 28.7 Å². The number of carbonyl (C=O) groups is 2. The van der Waals surface area contributed by atoms with E-state index in [1.807, 2.05) is 30.3 Å². The van der Waals surface area contributed by atoms with Crippen molar-refractivity contribution in [2.45, 2.75) is 18.0 Å². The maximum atomic E-state index is 13.4. The number of thioether (sulfide) groups is 1. The maximum absolute atomic E-state index is 13.4. The molecule has 224 valence electrons. The van der Waals surface area contributed by atoms with Gasteiger partial charge in [-0.25, -0.2) is 14.2 Å². The normalized spacial score (nSPS) is 12.1. The molecule has 0 saturated heterocycles. The van der Waals surface area contributed by atoms with Crippen LogP contribution in [0.3, 0.4) is 0 Å². The molecule has 1 atom stereocenters. The molecule has 12 heteroatoms. The van der Waals surface area contributed by atoms with Crippen LogP contribution in [0.25, 0.3) is 34.0 Å². The standard InChI is InChI=1S/C32H23F4N3O4S/c33-24-13-8-20(9-14-24)25-15-10-22(16-37-25)28-27(39-30(43-28)21-6-11-23(12-7-21)32(34,35)36)29(40)38-26(31(41)42)18-44-17-19-4-2-1-3-5-19/h1-16,26H,17-18H2,(H,38,40)(H,41,42). The molecule has 0 aliphatic heterocycles. The molecule has 0 aliphatic rings. The van der Waals surface area contributed by atoms with Gasteiger partial charge in [0.1, 0.15) is 11.9 Å². The first-order valence-corrected chi connectivity index (χ1v) is 14.3. The number of rotatable bonds is 10. The van der Waals surface area contributed by atoms with Crippen molar-refractivity contribution < 1.29 is 36.7 Å². The minimum atomic E-state index is -4.55. The quantitative estimate of drug-likeness (QED) is 0.157. The first-order valence-electron chi connectivity index (χ1n) is 13.1. The number of amides is 1. The predicted octanol–water partition coefficient (Wildman–Crippen LogP) is 7.34. The highest BCUT2D eigenvalue weighted by Crippen LogP contribution is 2.34. The van der Waals surface area contributed by atoms with Crippen LogP contribution in [0.15, 0.2) is 102 Å². The van der Waals surface area contributed by atoms with Gasteiger partial charge >= 0.3 is 12.1 Å². The summed E-state index contributed by atoms with van der Waals surface area (Å²) >= 11 is 1.32. The number of aliphatic carboxylic acids is 1. The molecule has 0 bridgehead atoms. The molecule has 2 N–H and O–H groups in total. The van der Waals surface area contributed by atoms with Crippen LogP contribution >= 0.6 is 11.8 Å². The van der Waals surface area contributed by atoms with E-state index in [0.717, 1.165) is 29.8 Å². The van der Waals surface area contributed by atoms with E-state index in [0.29, 0.717) is 22.6 Å². The van der Waals surface area contributed by atoms with Gasteiger partial charge in [-0.15, -0.1) is 0 Å². The summed E-state index contributed by atoms with van der Waals surface area (Å²) in [5.74, 6) is -2.13. The van der Waals surface area contributed by atoms with Gasteiger partial charge in [0.15, 0.2) is 11.5 Å². The summed E-state index contributed by atoms with van der Waals surface area (Å²) < 4.78 is 58.5. The van der Waals surface area contributed by atoms with Crippen molar-refractivity contribution in [1.82, 2.24) is 15.3 Å². The summed E-state index contributed by atoms with van der Waals surface area (Å²) in [6, 6.07) is 21.1. The number of aromatic nitrogens is 2. The molecule has 0 radical (unpaired) electrons. The molecule has 0 saturated carbocycles. The Morgan fingerprint density at radius 3 is 2.16 bits per heavy atom. The van der Waals surface area contributed by atoms with Crippen molar-refractivity contribution in [3.8, 4) is 34.0 Å². The third-order valence-corrected chi connectivity index (χ3v) is 7.57. The molecule has 5 rings (SSSR count). The molecule has 2 heterocycles. The highest BCUT2D eigenvalue weighted by atomic mass is 32.2. The zero-order valence-electron chi connectivity index (χ0n) is 22.7.